The van der Waals surface area contributed by atoms with Crippen molar-refractivity contribution in [1.29, 1.82) is 0 Å². The summed E-state index contributed by atoms with van der Waals surface area (Å²) in [6.07, 6.45) is -0.246. The monoisotopic (exact) mass is 475 g/mol. The van der Waals surface area contributed by atoms with Gasteiger partial charge in [0.2, 0.25) is 15.9 Å². The van der Waals surface area contributed by atoms with Gasteiger partial charge in [0.25, 0.3) is 0 Å². The Morgan fingerprint density at radius 2 is 1.66 bits per heavy atom. The molecular formula is C20H21F4N3O4S. The molecule has 0 bridgehead atoms. The second-order valence-electron chi connectivity index (χ2n) is 7.39. The number of carbonyl (C=O) groups excluding carboxylic acids is 1. The lowest BCUT2D eigenvalue weighted by molar-refractivity contribution is -0.132. The molecule has 1 aliphatic heterocycles. The normalized spacial score (nSPS) is 16.1. The summed E-state index contributed by atoms with van der Waals surface area (Å²) in [6.45, 7) is 0.277. The number of piperazine rings is 1. The zero-order valence-corrected chi connectivity index (χ0v) is 17.6. The van der Waals surface area contributed by atoms with Crippen molar-refractivity contribution in [2.45, 2.75) is 6.42 Å². The Morgan fingerprint density at radius 1 is 0.969 bits per heavy atom. The Bertz CT molecular complexity index is 1090. The second kappa shape index (κ2) is 9.84. The lowest BCUT2D eigenvalue weighted by atomic mass is 10.0. The fraction of sp³-hybridized carbons (Fsp3) is 0.350. The van der Waals surface area contributed by atoms with E-state index in [-0.39, 0.29) is 43.9 Å². The molecule has 1 atom stereocenters. The summed E-state index contributed by atoms with van der Waals surface area (Å²) >= 11 is 0. The van der Waals surface area contributed by atoms with Crippen molar-refractivity contribution in [3.8, 4) is 0 Å². The summed E-state index contributed by atoms with van der Waals surface area (Å²) < 4.78 is 80.6. The molecule has 1 saturated heterocycles. The highest BCUT2D eigenvalue weighted by molar-refractivity contribution is 7.89. The highest BCUT2D eigenvalue weighted by atomic mass is 32.2. The fourth-order valence-electron chi connectivity index (χ4n) is 3.57. The van der Waals surface area contributed by atoms with Gasteiger partial charge in [-0.15, -0.1) is 0 Å². The van der Waals surface area contributed by atoms with Crippen molar-refractivity contribution in [3.05, 3.63) is 65.2 Å². The van der Waals surface area contributed by atoms with E-state index in [1.165, 1.54) is 17.6 Å². The van der Waals surface area contributed by atoms with Crippen LogP contribution in [-0.4, -0.2) is 55.8 Å². The number of nitrogens with one attached hydrogen (secondary N) is 1. The van der Waals surface area contributed by atoms with Crippen LogP contribution in [-0.2, 0) is 21.2 Å². The third-order valence-electron chi connectivity index (χ3n) is 5.24. The summed E-state index contributed by atoms with van der Waals surface area (Å²) in [5, 5.41) is 8.98. The molecule has 0 aliphatic carbocycles. The molecule has 2 aromatic carbocycles. The summed E-state index contributed by atoms with van der Waals surface area (Å²) in [4.78, 5) is 13.6. The van der Waals surface area contributed by atoms with Crippen molar-refractivity contribution < 1.29 is 36.0 Å². The van der Waals surface area contributed by atoms with Crippen LogP contribution in [0, 0.1) is 29.2 Å². The molecule has 1 fully saturated rings. The molecular weight excluding hydrogens is 454 g/mol. The summed E-state index contributed by atoms with van der Waals surface area (Å²) in [5.74, 6) is -6.62. The molecule has 174 valence electrons. The van der Waals surface area contributed by atoms with Crippen LogP contribution in [0.1, 0.15) is 5.56 Å². The van der Waals surface area contributed by atoms with Gasteiger partial charge in [-0.25, -0.2) is 31.5 Å². The van der Waals surface area contributed by atoms with E-state index in [2.05, 4.69) is 0 Å². The molecule has 1 aliphatic rings. The average molecular weight is 475 g/mol. The van der Waals surface area contributed by atoms with Crippen molar-refractivity contribution in [1.82, 2.24) is 9.79 Å². The topological polar surface area (TPSA) is 89.9 Å². The van der Waals surface area contributed by atoms with Crippen LogP contribution < -0.4 is 10.4 Å². The van der Waals surface area contributed by atoms with E-state index in [0.717, 1.165) is 28.6 Å². The third kappa shape index (κ3) is 5.56. The molecule has 2 N–H and O–H groups in total. The number of sulfonamides is 1. The number of carbonyl (C=O) groups is 1. The van der Waals surface area contributed by atoms with Gasteiger partial charge in [-0.05, 0) is 36.2 Å². The predicted octanol–water partition coefficient (Wildman–Crippen LogP) is 2.06. The molecule has 7 nitrogen and oxygen atoms in total. The van der Waals surface area contributed by atoms with Crippen LogP contribution in [0.25, 0.3) is 0 Å². The van der Waals surface area contributed by atoms with Gasteiger partial charge in [-0.3, -0.25) is 10.0 Å². The van der Waals surface area contributed by atoms with Crippen LogP contribution >= 0.6 is 0 Å². The molecule has 32 heavy (non-hydrogen) atoms. The van der Waals surface area contributed by atoms with Gasteiger partial charge in [0.15, 0.2) is 11.6 Å². The first kappa shape index (κ1) is 24.0. The number of halogens is 4. The van der Waals surface area contributed by atoms with E-state index < -0.39 is 50.9 Å². The van der Waals surface area contributed by atoms with Crippen LogP contribution in [0.5, 0.6) is 0 Å². The van der Waals surface area contributed by atoms with Crippen molar-refractivity contribution in [2.75, 3.05) is 36.8 Å². The molecule has 12 heteroatoms. The van der Waals surface area contributed by atoms with Gasteiger partial charge in [0.1, 0.15) is 11.6 Å². The first-order valence-corrected chi connectivity index (χ1v) is 11.3. The lowest BCUT2D eigenvalue weighted by Crippen LogP contribution is -2.51. The maximum Gasteiger partial charge on any atom is 0.247 e. The Labute approximate surface area is 182 Å². The summed E-state index contributed by atoms with van der Waals surface area (Å²) in [6, 6.07) is 6.07. The first-order valence-electron chi connectivity index (χ1n) is 9.66. The molecule has 0 radical (unpaired) electrons. The van der Waals surface area contributed by atoms with E-state index >= 15 is 0 Å². The smallest absolute Gasteiger partial charge is 0.247 e. The zero-order chi connectivity index (χ0) is 23.5. The third-order valence-corrected chi connectivity index (χ3v) is 7.22. The molecule has 1 heterocycles. The maximum absolute atomic E-state index is 14.0. The van der Waals surface area contributed by atoms with Crippen LogP contribution in [0.15, 0.2) is 36.4 Å². The molecule has 1 unspecified atom stereocenters. The molecule has 1 amide bonds. The minimum absolute atomic E-state index is 0.00219. The van der Waals surface area contributed by atoms with Crippen molar-refractivity contribution >= 4 is 21.6 Å². The van der Waals surface area contributed by atoms with E-state index in [0.29, 0.717) is 0 Å². The van der Waals surface area contributed by atoms with Crippen LogP contribution in [0.4, 0.5) is 23.2 Å². The SMILES string of the molecule is O=C(NO)C(Cc1ccc(F)c(F)c1)CS(=O)(=O)N1CCN(c2ccc(F)cc2F)CC1. The van der Waals surface area contributed by atoms with E-state index in [4.69, 9.17) is 5.21 Å². The number of benzene rings is 2. The lowest BCUT2D eigenvalue weighted by Gasteiger charge is -2.36. The predicted molar refractivity (Wildman–Crippen MR) is 107 cm³/mol. The molecule has 0 saturated carbocycles. The van der Waals surface area contributed by atoms with Gasteiger partial charge >= 0.3 is 0 Å². The molecule has 0 aromatic heterocycles. The second-order valence-corrected chi connectivity index (χ2v) is 9.40. The van der Waals surface area contributed by atoms with Gasteiger partial charge in [0.05, 0.1) is 17.4 Å². The number of hydrogen-bond donors (Lipinski definition) is 2. The molecule has 0 spiro atoms. The fourth-order valence-corrected chi connectivity index (χ4v) is 5.28. The molecule has 3 rings (SSSR count). The molecule has 2 aromatic rings. The van der Waals surface area contributed by atoms with Crippen LogP contribution in [0.2, 0.25) is 0 Å². The minimum atomic E-state index is -3.99. The largest absolute Gasteiger partial charge is 0.367 e. The van der Waals surface area contributed by atoms with Crippen LogP contribution in [0.3, 0.4) is 0 Å². The summed E-state index contributed by atoms with van der Waals surface area (Å²) in [5.41, 5.74) is 1.74. The Hall–Kier alpha value is -2.70. The highest BCUT2D eigenvalue weighted by Gasteiger charge is 2.33. The Kier molecular flexibility index (Phi) is 7.36. The minimum Gasteiger partial charge on any atom is -0.367 e. The van der Waals surface area contributed by atoms with Crippen molar-refractivity contribution in [2.24, 2.45) is 5.92 Å². The average Bonchev–Trinajstić information content (AvgIpc) is 2.75. The number of rotatable bonds is 7. The Morgan fingerprint density at radius 3 is 2.25 bits per heavy atom. The van der Waals surface area contributed by atoms with Gasteiger partial charge in [-0.1, -0.05) is 6.07 Å². The standard InChI is InChI=1S/C20H21F4N3O4S/c21-15-2-4-19(18(24)11-15)26-5-7-27(8-6-26)32(30,31)12-14(20(28)25-29)9-13-1-3-16(22)17(23)10-13/h1-4,10-11,14,29H,5-9,12H2,(H,25,28). The Balaban J connectivity index is 1.68. The van der Waals surface area contributed by atoms with Gasteiger partial charge < -0.3 is 4.90 Å². The quantitative estimate of drug-likeness (QED) is 0.364. The zero-order valence-electron chi connectivity index (χ0n) is 16.8. The summed E-state index contributed by atoms with van der Waals surface area (Å²) in [7, 11) is -3.99. The van der Waals surface area contributed by atoms with E-state index in [1.54, 1.807) is 4.90 Å². The van der Waals surface area contributed by atoms with E-state index in [1.807, 2.05) is 0 Å². The number of hydroxylamine groups is 1. The number of hydrogen-bond acceptors (Lipinski definition) is 5. The van der Waals surface area contributed by atoms with Gasteiger partial charge in [0, 0.05) is 32.2 Å². The number of amides is 1. The van der Waals surface area contributed by atoms with Crippen molar-refractivity contribution in [3.63, 3.8) is 0 Å². The number of anilines is 1. The number of nitrogens with zero attached hydrogens (tertiary/aromatic N) is 2. The first-order chi connectivity index (χ1) is 15.1. The maximum atomic E-state index is 14.0. The van der Waals surface area contributed by atoms with Gasteiger partial charge in [-0.2, -0.15) is 4.31 Å². The van der Waals surface area contributed by atoms with E-state index in [9.17, 15) is 30.8 Å². The highest BCUT2D eigenvalue weighted by Crippen LogP contribution is 2.23.